The minimum absolute atomic E-state index is 0.0808. The molecular weight excluding hydrogens is 349 g/mol. The van der Waals surface area contributed by atoms with Crippen LogP contribution in [0.1, 0.15) is 28.1 Å². The van der Waals surface area contributed by atoms with Crippen LogP contribution in [0, 0.1) is 5.82 Å². The first-order chi connectivity index (χ1) is 13.0. The Bertz CT molecular complexity index is 1010. The molecule has 1 aromatic heterocycles. The number of hydrogen-bond acceptors (Lipinski definition) is 4. The molecule has 2 aromatic carbocycles. The normalized spacial score (nSPS) is 18.6. The average molecular weight is 365 g/mol. The molecule has 3 aromatic rings. The lowest BCUT2D eigenvalue weighted by Gasteiger charge is -2.22. The molecule has 0 bridgehead atoms. The summed E-state index contributed by atoms with van der Waals surface area (Å²) in [6.07, 6.45) is 0.925. The van der Waals surface area contributed by atoms with Crippen molar-refractivity contribution >= 4 is 17.4 Å². The standard InChI is InChI=1S/C21H16FNO4/c22-15-6-3-5-14(11-15)13-23-17-8-2-1-7-16(17)21(26,20(23)25)12-18(24)19-9-4-10-27-19/h1-11,26H,12-13H2/t21-/m1/s1. The van der Waals surface area contributed by atoms with Gasteiger partial charge >= 0.3 is 0 Å². The van der Waals surface area contributed by atoms with E-state index in [1.165, 1.54) is 29.4 Å². The monoisotopic (exact) mass is 365 g/mol. The van der Waals surface area contributed by atoms with Crippen molar-refractivity contribution in [2.45, 2.75) is 18.6 Å². The van der Waals surface area contributed by atoms with E-state index in [2.05, 4.69) is 0 Å². The molecular formula is C21H16FNO4. The molecule has 0 radical (unpaired) electrons. The molecule has 1 aliphatic heterocycles. The van der Waals surface area contributed by atoms with Gasteiger partial charge in [-0.25, -0.2) is 4.39 Å². The van der Waals surface area contributed by atoms with Crippen LogP contribution in [0.2, 0.25) is 0 Å². The molecule has 1 N–H and O–H groups in total. The largest absolute Gasteiger partial charge is 0.461 e. The van der Waals surface area contributed by atoms with Crippen molar-refractivity contribution in [1.29, 1.82) is 0 Å². The average Bonchev–Trinajstić information content (AvgIpc) is 3.26. The number of furan rings is 1. The van der Waals surface area contributed by atoms with E-state index in [0.717, 1.165) is 0 Å². The number of fused-ring (bicyclic) bond motifs is 1. The molecule has 0 fully saturated rings. The summed E-state index contributed by atoms with van der Waals surface area (Å²) in [6, 6.07) is 15.7. The summed E-state index contributed by atoms with van der Waals surface area (Å²) < 4.78 is 18.6. The van der Waals surface area contributed by atoms with Crippen molar-refractivity contribution in [2.75, 3.05) is 4.90 Å². The van der Waals surface area contributed by atoms with Crippen LogP contribution in [0.5, 0.6) is 0 Å². The zero-order chi connectivity index (χ0) is 19.0. The molecule has 0 saturated heterocycles. The molecule has 1 aliphatic rings. The first-order valence-corrected chi connectivity index (χ1v) is 8.44. The summed E-state index contributed by atoms with van der Waals surface area (Å²) in [5.41, 5.74) is -0.555. The van der Waals surface area contributed by atoms with Crippen LogP contribution in [0.15, 0.2) is 71.3 Å². The van der Waals surface area contributed by atoms with E-state index in [9.17, 15) is 19.1 Å². The number of carbonyl (C=O) groups is 2. The van der Waals surface area contributed by atoms with Crippen molar-refractivity contribution < 1.29 is 23.5 Å². The number of carbonyl (C=O) groups excluding carboxylic acids is 2. The second-order valence-electron chi connectivity index (χ2n) is 6.48. The van der Waals surface area contributed by atoms with Gasteiger partial charge in [0.2, 0.25) is 5.78 Å². The second-order valence-corrected chi connectivity index (χ2v) is 6.48. The number of amides is 1. The van der Waals surface area contributed by atoms with Gasteiger partial charge in [-0.3, -0.25) is 9.59 Å². The Kier molecular flexibility index (Phi) is 4.12. The van der Waals surface area contributed by atoms with Gasteiger partial charge in [-0.1, -0.05) is 30.3 Å². The number of benzene rings is 2. The van der Waals surface area contributed by atoms with Crippen LogP contribution in [-0.4, -0.2) is 16.8 Å². The molecule has 27 heavy (non-hydrogen) atoms. The number of Topliss-reactive ketones (excluding diaryl/α,β-unsaturated/α-hetero) is 1. The Hall–Kier alpha value is -3.25. The van der Waals surface area contributed by atoms with Gasteiger partial charge in [0, 0.05) is 5.56 Å². The second kappa shape index (κ2) is 6.48. The Morgan fingerprint density at radius 2 is 1.93 bits per heavy atom. The van der Waals surface area contributed by atoms with Crippen molar-refractivity contribution in [2.24, 2.45) is 0 Å². The lowest BCUT2D eigenvalue weighted by Crippen LogP contribution is -2.41. The molecule has 136 valence electrons. The number of rotatable bonds is 5. The van der Waals surface area contributed by atoms with Gasteiger partial charge in [0.25, 0.3) is 5.91 Å². The van der Waals surface area contributed by atoms with Crippen LogP contribution < -0.4 is 4.90 Å². The molecule has 0 saturated carbocycles. The van der Waals surface area contributed by atoms with Gasteiger partial charge in [-0.2, -0.15) is 0 Å². The van der Waals surface area contributed by atoms with Crippen molar-refractivity contribution in [1.82, 2.24) is 0 Å². The van der Waals surface area contributed by atoms with Gasteiger partial charge in [0.1, 0.15) is 5.82 Å². The molecule has 0 spiro atoms. The smallest absolute Gasteiger partial charge is 0.264 e. The summed E-state index contributed by atoms with van der Waals surface area (Å²) >= 11 is 0. The van der Waals surface area contributed by atoms with Gasteiger partial charge in [-0.05, 0) is 35.9 Å². The van der Waals surface area contributed by atoms with Crippen molar-refractivity contribution in [3.63, 3.8) is 0 Å². The molecule has 1 atom stereocenters. The number of para-hydroxylation sites is 1. The van der Waals surface area contributed by atoms with Crippen LogP contribution in [0.4, 0.5) is 10.1 Å². The highest BCUT2D eigenvalue weighted by atomic mass is 19.1. The summed E-state index contributed by atoms with van der Waals surface area (Å²) in [5, 5.41) is 11.2. The number of nitrogens with zero attached hydrogens (tertiary/aromatic N) is 1. The third-order valence-corrected chi connectivity index (χ3v) is 4.68. The molecule has 0 unspecified atom stereocenters. The minimum atomic E-state index is -1.99. The molecule has 2 heterocycles. The van der Waals surface area contributed by atoms with E-state index < -0.39 is 29.5 Å². The van der Waals surface area contributed by atoms with Crippen LogP contribution in [0.3, 0.4) is 0 Å². The molecule has 6 heteroatoms. The van der Waals surface area contributed by atoms with Gasteiger partial charge in [0.05, 0.1) is 24.9 Å². The van der Waals surface area contributed by atoms with E-state index in [1.54, 1.807) is 42.5 Å². The Balaban J connectivity index is 1.69. The zero-order valence-corrected chi connectivity index (χ0v) is 14.3. The van der Waals surface area contributed by atoms with E-state index in [-0.39, 0.29) is 12.3 Å². The lowest BCUT2D eigenvalue weighted by molar-refractivity contribution is -0.136. The minimum Gasteiger partial charge on any atom is -0.461 e. The molecule has 4 rings (SSSR count). The maximum atomic E-state index is 13.5. The fourth-order valence-corrected chi connectivity index (χ4v) is 3.41. The maximum Gasteiger partial charge on any atom is 0.264 e. The van der Waals surface area contributed by atoms with E-state index in [4.69, 9.17) is 4.42 Å². The summed E-state index contributed by atoms with van der Waals surface area (Å²) in [7, 11) is 0. The topological polar surface area (TPSA) is 70.8 Å². The number of aliphatic hydroxyl groups is 1. The third kappa shape index (κ3) is 2.94. The van der Waals surface area contributed by atoms with Gasteiger partial charge in [0.15, 0.2) is 11.4 Å². The van der Waals surface area contributed by atoms with Crippen molar-refractivity contribution in [3.8, 4) is 0 Å². The van der Waals surface area contributed by atoms with E-state index >= 15 is 0 Å². The maximum absolute atomic E-state index is 13.5. The zero-order valence-electron chi connectivity index (χ0n) is 14.3. The number of hydrogen-bond donors (Lipinski definition) is 1. The van der Waals surface area contributed by atoms with E-state index in [0.29, 0.717) is 16.8 Å². The molecule has 0 aliphatic carbocycles. The Morgan fingerprint density at radius 1 is 1.11 bits per heavy atom. The Morgan fingerprint density at radius 3 is 2.67 bits per heavy atom. The number of ketones is 1. The Labute approximate surface area is 154 Å². The number of anilines is 1. The van der Waals surface area contributed by atoms with Crippen LogP contribution in [0.25, 0.3) is 0 Å². The van der Waals surface area contributed by atoms with Gasteiger partial charge < -0.3 is 14.4 Å². The quantitative estimate of drug-likeness (QED) is 0.704. The highest BCUT2D eigenvalue weighted by molar-refractivity contribution is 6.10. The highest BCUT2D eigenvalue weighted by Gasteiger charge is 2.51. The predicted molar refractivity (Wildman–Crippen MR) is 95.6 cm³/mol. The fourth-order valence-electron chi connectivity index (χ4n) is 3.41. The number of halogens is 1. The lowest BCUT2D eigenvalue weighted by atomic mass is 9.89. The van der Waals surface area contributed by atoms with E-state index in [1.807, 2.05) is 0 Å². The molecule has 5 nitrogen and oxygen atoms in total. The fraction of sp³-hybridized carbons (Fsp3) is 0.143. The SMILES string of the molecule is O=C(C[C@]1(O)C(=O)N(Cc2cccc(F)c2)c2ccccc21)c1ccco1. The summed E-state index contributed by atoms with van der Waals surface area (Å²) in [5.74, 6) is -1.42. The summed E-state index contributed by atoms with van der Waals surface area (Å²) in [4.78, 5) is 26.9. The molecule has 1 amide bonds. The highest BCUT2D eigenvalue weighted by Crippen LogP contribution is 2.43. The summed E-state index contributed by atoms with van der Waals surface area (Å²) in [6.45, 7) is 0.0882. The van der Waals surface area contributed by atoms with Crippen molar-refractivity contribution in [3.05, 3.63) is 89.6 Å². The predicted octanol–water partition coefficient (Wildman–Crippen LogP) is 3.43. The first kappa shape index (κ1) is 17.2. The first-order valence-electron chi connectivity index (χ1n) is 8.44. The third-order valence-electron chi connectivity index (χ3n) is 4.68. The van der Waals surface area contributed by atoms with Crippen LogP contribution >= 0.6 is 0 Å². The van der Waals surface area contributed by atoms with Gasteiger partial charge in [-0.15, -0.1) is 0 Å². The van der Waals surface area contributed by atoms with Crippen LogP contribution in [-0.2, 0) is 16.9 Å².